The normalized spacial score (nSPS) is 10.7. The van der Waals surface area contributed by atoms with Crippen LogP contribution in [0.2, 0.25) is 0 Å². The molecule has 0 saturated carbocycles. The van der Waals surface area contributed by atoms with Crippen molar-refractivity contribution in [3.8, 4) is 11.5 Å². The van der Waals surface area contributed by atoms with E-state index in [0.717, 1.165) is 14.3 Å². The number of rotatable bonds is 8. The van der Waals surface area contributed by atoms with E-state index in [1.807, 2.05) is 0 Å². The molecule has 2 rings (SSSR count). The Hall–Kier alpha value is 0.550. The van der Waals surface area contributed by atoms with Crippen LogP contribution >= 0.6 is 90.4 Å². The molecule has 0 spiro atoms. The molecule has 0 radical (unpaired) electrons. The summed E-state index contributed by atoms with van der Waals surface area (Å²) in [6.07, 6.45) is 0. The highest BCUT2D eigenvalue weighted by Crippen LogP contribution is 2.32. The molecule has 9 heteroatoms. The van der Waals surface area contributed by atoms with Crippen molar-refractivity contribution in [3.05, 3.63) is 49.7 Å². The monoisotopic (exact) mass is 806 g/mol. The molecule has 0 bridgehead atoms. The molecule has 0 atom stereocenters. The number of ketones is 1. The van der Waals surface area contributed by atoms with Crippen LogP contribution in [0.3, 0.4) is 0 Å². The van der Waals surface area contributed by atoms with Gasteiger partial charge in [0.25, 0.3) is 0 Å². The van der Waals surface area contributed by atoms with Crippen LogP contribution in [0.4, 0.5) is 0 Å². The van der Waals surface area contributed by atoms with Crippen molar-refractivity contribution in [1.29, 1.82) is 0 Å². The first-order valence-corrected chi connectivity index (χ1v) is 11.7. The van der Waals surface area contributed by atoms with Crippen LogP contribution in [0.5, 0.6) is 11.5 Å². The first-order chi connectivity index (χ1) is 12.4. The molecule has 0 saturated heterocycles. The van der Waals surface area contributed by atoms with E-state index in [2.05, 4.69) is 90.4 Å². The number of aliphatic hydroxyl groups is 2. The molecule has 5 nitrogen and oxygen atoms in total. The van der Waals surface area contributed by atoms with Gasteiger partial charge in [-0.3, -0.25) is 4.79 Å². The predicted octanol–water partition coefficient (Wildman–Crippen LogP) is 4.08. The smallest absolute Gasteiger partial charge is 0.193 e. The molecule has 2 N–H and O–H groups in total. The largest absolute Gasteiger partial charge is 0.489 e. The number of benzene rings is 2. The van der Waals surface area contributed by atoms with Crippen molar-refractivity contribution in [1.82, 2.24) is 0 Å². The molecule has 0 aliphatic rings. The Kier molecular flexibility index (Phi) is 9.59. The van der Waals surface area contributed by atoms with E-state index < -0.39 is 0 Å². The fraction of sp³-hybridized carbons (Fsp3) is 0.235. The maximum Gasteiger partial charge on any atom is 0.193 e. The Balaban J connectivity index is 2.34. The summed E-state index contributed by atoms with van der Waals surface area (Å²) in [6, 6.07) is 7.14. The number of halogens is 4. The van der Waals surface area contributed by atoms with Gasteiger partial charge in [0.05, 0.1) is 27.5 Å². The Bertz CT molecular complexity index is 698. The SMILES string of the molecule is O=C(c1cc(I)c(OCCO)c(I)c1)c1cc(I)c(OCCO)c(I)c1. The summed E-state index contributed by atoms with van der Waals surface area (Å²) in [5.41, 5.74) is 1.15. The molecule has 26 heavy (non-hydrogen) atoms. The fourth-order valence-electron chi connectivity index (χ4n) is 2.12. The Labute approximate surface area is 205 Å². The van der Waals surface area contributed by atoms with Gasteiger partial charge in [-0.15, -0.1) is 0 Å². The second-order valence-corrected chi connectivity index (χ2v) is 9.66. The number of carbonyl (C=O) groups is 1. The molecule has 0 amide bonds. The van der Waals surface area contributed by atoms with Crippen LogP contribution in [-0.4, -0.2) is 42.4 Å². The summed E-state index contributed by atoms with van der Waals surface area (Å²) < 4.78 is 14.3. The zero-order chi connectivity index (χ0) is 19.3. The number of hydrogen-bond donors (Lipinski definition) is 2. The predicted molar refractivity (Wildman–Crippen MR) is 132 cm³/mol. The standard InChI is InChI=1S/C17H14I4O5/c18-11-5-9(6-12(19)16(11)25-3-1-22)15(24)10-7-13(20)17(14(21)8-10)26-4-2-23/h5-8,22-23H,1-4H2. The van der Waals surface area contributed by atoms with Crippen molar-refractivity contribution < 1.29 is 24.5 Å². The molecular weight excluding hydrogens is 792 g/mol. The number of hydrogen-bond acceptors (Lipinski definition) is 5. The average molecular weight is 806 g/mol. The van der Waals surface area contributed by atoms with E-state index in [1.165, 1.54) is 0 Å². The van der Waals surface area contributed by atoms with Crippen LogP contribution in [0.1, 0.15) is 15.9 Å². The van der Waals surface area contributed by atoms with Crippen LogP contribution in [-0.2, 0) is 0 Å². The zero-order valence-corrected chi connectivity index (χ0v) is 21.9. The minimum absolute atomic E-state index is 0.0611. The van der Waals surface area contributed by atoms with Gasteiger partial charge in [-0.1, -0.05) is 0 Å². The lowest BCUT2D eigenvalue weighted by molar-refractivity contribution is 0.103. The maximum atomic E-state index is 12.9. The van der Waals surface area contributed by atoms with Gasteiger partial charge in [0.2, 0.25) is 0 Å². The lowest BCUT2D eigenvalue weighted by atomic mass is 10.0. The summed E-state index contributed by atoms with van der Waals surface area (Å²) in [4.78, 5) is 12.9. The van der Waals surface area contributed by atoms with E-state index in [9.17, 15) is 4.79 Å². The highest BCUT2D eigenvalue weighted by Gasteiger charge is 2.18. The third-order valence-corrected chi connectivity index (χ3v) is 6.40. The highest BCUT2D eigenvalue weighted by molar-refractivity contribution is 14.1. The van der Waals surface area contributed by atoms with E-state index in [4.69, 9.17) is 19.7 Å². The van der Waals surface area contributed by atoms with Gasteiger partial charge in [0.15, 0.2) is 5.78 Å². The third kappa shape index (κ3) is 5.78. The number of carbonyl (C=O) groups excluding carboxylic acids is 1. The van der Waals surface area contributed by atoms with Crippen LogP contribution in [0.15, 0.2) is 24.3 Å². The van der Waals surface area contributed by atoms with E-state index in [1.54, 1.807) is 24.3 Å². The van der Waals surface area contributed by atoms with Gasteiger partial charge in [0, 0.05) is 11.1 Å². The fourth-order valence-corrected chi connectivity index (χ4v) is 6.28. The molecular formula is C17H14I4O5. The van der Waals surface area contributed by atoms with E-state index in [0.29, 0.717) is 22.6 Å². The third-order valence-electron chi connectivity index (χ3n) is 3.20. The summed E-state index contributed by atoms with van der Waals surface area (Å²) in [6.45, 7) is 0.304. The van der Waals surface area contributed by atoms with Crippen molar-refractivity contribution in [3.63, 3.8) is 0 Å². The lowest BCUT2D eigenvalue weighted by Crippen LogP contribution is -2.09. The second kappa shape index (κ2) is 10.9. The average Bonchev–Trinajstić information content (AvgIpc) is 2.59. The van der Waals surface area contributed by atoms with Crippen molar-refractivity contribution >= 4 is 96.1 Å². The van der Waals surface area contributed by atoms with E-state index >= 15 is 0 Å². The molecule has 0 heterocycles. The van der Waals surface area contributed by atoms with Gasteiger partial charge in [0.1, 0.15) is 24.7 Å². The minimum atomic E-state index is -0.0842. The molecule has 140 valence electrons. The second-order valence-electron chi connectivity index (χ2n) is 5.01. The summed E-state index contributed by atoms with van der Waals surface area (Å²) in [7, 11) is 0. The minimum Gasteiger partial charge on any atom is -0.489 e. The summed E-state index contributed by atoms with van der Waals surface area (Å²) in [5, 5.41) is 17.8. The highest BCUT2D eigenvalue weighted by atomic mass is 127. The zero-order valence-electron chi connectivity index (χ0n) is 13.3. The first kappa shape index (κ1) is 22.8. The molecule has 0 aliphatic carbocycles. The molecule has 2 aromatic rings. The van der Waals surface area contributed by atoms with Gasteiger partial charge >= 0.3 is 0 Å². The Morgan fingerprint density at radius 3 is 1.31 bits per heavy atom. The molecule has 0 unspecified atom stereocenters. The Morgan fingerprint density at radius 2 is 1.04 bits per heavy atom. The number of aliphatic hydroxyl groups excluding tert-OH is 2. The Morgan fingerprint density at radius 1 is 0.731 bits per heavy atom. The van der Waals surface area contributed by atoms with Crippen molar-refractivity contribution in [2.24, 2.45) is 0 Å². The van der Waals surface area contributed by atoms with Crippen LogP contribution in [0, 0.1) is 14.3 Å². The van der Waals surface area contributed by atoms with E-state index in [-0.39, 0.29) is 32.2 Å². The molecule has 0 aliphatic heterocycles. The summed E-state index contributed by atoms with van der Waals surface area (Å²) >= 11 is 8.51. The molecule has 2 aromatic carbocycles. The van der Waals surface area contributed by atoms with Gasteiger partial charge in [-0.25, -0.2) is 0 Å². The van der Waals surface area contributed by atoms with Crippen molar-refractivity contribution in [2.45, 2.75) is 0 Å². The molecule has 0 fully saturated rings. The summed E-state index contributed by atoms with van der Waals surface area (Å²) in [5.74, 6) is 1.27. The van der Waals surface area contributed by atoms with Gasteiger partial charge in [-0.2, -0.15) is 0 Å². The van der Waals surface area contributed by atoms with Gasteiger partial charge < -0.3 is 19.7 Å². The maximum absolute atomic E-state index is 12.9. The molecule has 0 aromatic heterocycles. The lowest BCUT2D eigenvalue weighted by Gasteiger charge is -2.13. The van der Waals surface area contributed by atoms with Crippen LogP contribution in [0.25, 0.3) is 0 Å². The number of ether oxygens (including phenoxy) is 2. The quantitative estimate of drug-likeness (QED) is 0.311. The van der Waals surface area contributed by atoms with Crippen LogP contribution < -0.4 is 9.47 Å². The van der Waals surface area contributed by atoms with Gasteiger partial charge in [-0.05, 0) is 115 Å². The van der Waals surface area contributed by atoms with Crippen molar-refractivity contribution in [2.75, 3.05) is 26.4 Å². The topological polar surface area (TPSA) is 76.0 Å². The first-order valence-electron chi connectivity index (χ1n) is 7.39.